The van der Waals surface area contributed by atoms with Gasteiger partial charge in [-0.05, 0) is 119 Å². The number of nitrogens with zero attached hydrogens (tertiary/aromatic N) is 4. The molecule has 8 aromatic rings. The lowest BCUT2D eigenvalue weighted by atomic mass is 10.0. The second-order valence-electron chi connectivity index (χ2n) is 16.7. The van der Waals surface area contributed by atoms with E-state index >= 15 is 0 Å². The fraction of sp³-hybridized carbons (Fsp3) is 0.0800. The second-order valence-corrected chi connectivity index (χ2v) is 21.9. The first kappa shape index (κ1) is 63.8. The van der Waals surface area contributed by atoms with E-state index in [1.54, 1.807) is 84.9 Å². The summed E-state index contributed by atoms with van der Waals surface area (Å²) in [5, 5.41) is 11.9. The minimum atomic E-state index is -4.82. The van der Waals surface area contributed by atoms with Gasteiger partial charge < -0.3 is 53.7 Å². The van der Waals surface area contributed by atoms with Gasteiger partial charge in [-0.1, -0.05) is 82.8 Å². The molecule has 2 aromatic heterocycles. The van der Waals surface area contributed by atoms with Crippen molar-refractivity contribution < 1.29 is 61.2 Å². The van der Waals surface area contributed by atoms with E-state index in [4.69, 9.17) is 96.3 Å². The number of benzene rings is 6. The number of hydrogen-bond donors (Lipinski definition) is 10. The first-order valence-corrected chi connectivity index (χ1v) is 28.7. The number of ether oxygens (including phenoxy) is 2. The van der Waals surface area contributed by atoms with Crippen LogP contribution in [0, 0.1) is 0 Å². The van der Waals surface area contributed by atoms with Gasteiger partial charge in [-0.15, -0.1) is 7.77 Å². The molecule has 436 valence electrons. The molecule has 0 fully saturated rings. The van der Waals surface area contributed by atoms with Crippen LogP contribution in [0.1, 0.15) is 22.5 Å². The van der Waals surface area contributed by atoms with Gasteiger partial charge in [-0.25, -0.2) is 19.6 Å². The molecule has 0 aliphatic rings. The van der Waals surface area contributed by atoms with Crippen molar-refractivity contribution in [2.75, 3.05) is 33.6 Å². The summed E-state index contributed by atoms with van der Waals surface area (Å²) in [5.41, 5.74) is 29.1. The van der Waals surface area contributed by atoms with Crippen molar-refractivity contribution in [1.82, 2.24) is 30.6 Å². The topological polar surface area (TPSA) is 399 Å². The summed E-state index contributed by atoms with van der Waals surface area (Å²) in [4.78, 5) is 40.1. The Kier molecular flexibility index (Phi) is 21.6. The number of nitrogens with two attached hydrogens (primary N) is 4. The summed E-state index contributed by atoms with van der Waals surface area (Å²) in [6, 6.07) is 32.3. The highest BCUT2D eigenvalue weighted by Crippen LogP contribution is 2.36. The van der Waals surface area contributed by atoms with Crippen molar-refractivity contribution in [3.8, 4) is 33.8 Å². The first-order chi connectivity index (χ1) is 39.0. The molecule has 33 heteroatoms. The third kappa shape index (κ3) is 19.9. The smallest absolute Gasteiger partial charge is 0.394 e. The predicted molar refractivity (Wildman–Crippen MR) is 310 cm³/mol. The summed E-state index contributed by atoms with van der Waals surface area (Å²) < 4.78 is 113. The van der Waals surface area contributed by atoms with Crippen molar-refractivity contribution in [3.63, 3.8) is 0 Å². The summed E-state index contributed by atoms with van der Waals surface area (Å²) >= 11 is 24.4. The summed E-state index contributed by atoms with van der Waals surface area (Å²) in [6.45, 7) is 0.326. The Labute approximate surface area is 492 Å². The number of halogens is 6. The summed E-state index contributed by atoms with van der Waals surface area (Å²) in [7, 11) is -14.3. The van der Waals surface area contributed by atoms with Gasteiger partial charge in [0.05, 0.1) is 41.3 Å². The van der Waals surface area contributed by atoms with E-state index in [0.29, 0.717) is 65.2 Å². The van der Waals surface area contributed by atoms with Crippen LogP contribution in [0.25, 0.3) is 22.3 Å². The second kappa shape index (κ2) is 28.1. The van der Waals surface area contributed by atoms with Gasteiger partial charge in [0.1, 0.15) is 36.3 Å². The Bertz CT molecular complexity index is 3790. The summed E-state index contributed by atoms with van der Waals surface area (Å²) in [5.74, 6) is 1.27. The molecule has 8 rings (SSSR count). The lowest BCUT2D eigenvalue weighted by Gasteiger charge is -2.14. The highest BCUT2D eigenvalue weighted by Gasteiger charge is 2.19. The number of carbonyl (C=O) groups is 2. The molecule has 0 aliphatic carbocycles. The molecule has 2 heterocycles. The van der Waals surface area contributed by atoms with E-state index in [0.717, 1.165) is 35.4 Å². The van der Waals surface area contributed by atoms with Crippen molar-refractivity contribution in [1.29, 1.82) is 0 Å². The maximum atomic E-state index is 13.0. The van der Waals surface area contributed by atoms with E-state index < -0.39 is 52.7 Å². The molecular formula is C50H44Cl4F2N12O12S3. The van der Waals surface area contributed by atoms with Crippen molar-refractivity contribution in [2.24, 2.45) is 0 Å². The van der Waals surface area contributed by atoms with Crippen LogP contribution < -0.4 is 53.7 Å². The molecule has 83 heavy (non-hydrogen) atoms. The van der Waals surface area contributed by atoms with Crippen molar-refractivity contribution in [2.45, 2.75) is 36.1 Å². The molecular weight excluding hydrogens is 1240 g/mol. The average molecular weight is 1280 g/mol. The summed E-state index contributed by atoms with van der Waals surface area (Å²) in [6.07, 6.45) is 0. The normalized spacial score (nSPS) is 11.2. The number of carbonyl (C=O) groups excluding carboxylic acids is 2. The van der Waals surface area contributed by atoms with E-state index in [1.807, 2.05) is 0 Å². The van der Waals surface area contributed by atoms with Crippen LogP contribution in [0.5, 0.6) is 11.5 Å². The molecule has 0 unspecified atom stereocenters. The Morgan fingerprint density at radius 2 is 0.843 bits per heavy atom. The van der Waals surface area contributed by atoms with Gasteiger partial charge in [0.15, 0.2) is 0 Å². The molecule has 0 atom stereocenters. The maximum absolute atomic E-state index is 13.0. The number of urea groups is 2. The van der Waals surface area contributed by atoms with Gasteiger partial charge >= 0.3 is 42.9 Å². The maximum Gasteiger partial charge on any atom is 0.394 e. The van der Waals surface area contributed by atoms with Crippen LogP contribution in [0.15, 0.2) is 143 Å². The first-order valence-electron chi connectivity index (χ1n) is 23.1. The lowest BCUT2D eigenvalue weighted by molar-refractivity contribution is 0.251. The highest BCUT2D eigenvalue weighted by molar-refractivity contribution is 7.86. The molecule has 0 saturated heterocycles. The fourth-order valence-corrected chi connectivity index (χ4v) is 8.66. The molecule has 14 N–H and O–H groups in total. The molecule has 6 aromatic carbocycles. The van der Waals surface area contributed by atoms with E-state index in [2.05, 4.69) is 41.2 Å². The molecule has 4 amide bonds. The number of aromatic nitrogens is 4. The van der Waals surface area contributed by atoms with Crippen LogP contribution in [0.3, 0.4) is 0 Å². The van der Waals surface area contributed by atoms with Gasteiger partial charge in [0.25, 0.3) is 0 Å². The van der Waals surface area contributed by atoms with Gasteiger partial charge in [0.2, 0.25) is 11.9 Å². The van der Waals surface area contributed by atoms with E-state index in [9.17, 15) is 34.2 Å². The molecule has 0 bridgehead atoms. The molecule has 0 saturated carbocycles. The van der Waals surface area contributed by atoms with E-state index in [1.165, 1.54) is 24.3 Å². The Balaban J connectivity index is 0.000000246. The van der Waals surface area contributed by atoms with Gasteiger partial charge in [0, 0.05) is 35.6 Å². The predicted octanol–water partition coefficient (Wildman–Crippen LogP) is 9.69. The van der Waals surface area contributed by atoms with Crippen molar-refractivity contribution >= 4 is 124 Å². The van der Waals surface area contributed by atoms with Crippen LogP contribution in [0.2, 0.25) is 20.1 Å². The SMILES string of the molecule is Nc1nc(N)c(-c2ccc(Cl)c(Cl)c2)c(COc2cccc(CNC(=O)Nc3ccc(S(=O)(=O)F)cc3)c2)n1.Nc1nc(N)c(-c2ccc(Cl)c(Cl)c2)c(COc2cccc(CNC(=O)Nc3ccc(S(=O)(=O)F)cc3)c2)n1.O=S(=O)(O)O. The molecule has 0 aliphatic heterocycles. The number of amides is 4. The van der Waals surface area contributed by atoms with Crippen molar-refractivity contribution in [3.05, 3.63) is 176 Å². The number of nitrogens with one attached hydrogen (secondary N) is 4. The minimum Gasteiger partial charge on any atom is -0.487 e. The quantitative estimate of drug-likeness (QED) is 0.0318. The third-order valence-electron chi connectivity index (χ3n) is 10.7. The fourth-order valence-electron chi connectivity index (χ4n) is 7.14. The number of anilines is 6. The average Bonchev–Trinajstić information content (AvgIpc) is 3.59. The number of hydrogen-bond acceptors (Lipinski definition) is 18. The van der Waals surface area contributed by atoms with Crippen LogP contribution in [-0.4, -0.2) is 66.4 Å². The standard InChI is InChI=1S/2C25H21Cl2FN6O4S.H2O4S/c2*26-19-9-4-15(11-20(19)27)22-21(33-24(30)34-23(22)29)13-38-17-3-1-2-14(10-17)12-31-25(35)32-16-5-7-18(8-6-16)39(28,36)37;1-5(2,3)4/h2*1-11H,12-13H2,(H2,31,32,35)(H4,29,30,33,34);(H2,1,2,3,4). The van der Waals surface area contributed by atoms with Crippen LogP contribution in [0.4, 0.5) is 52.3 Å². The lowest BCUT2D eigenvalue weighted by Crippen LogP contribution is -2.28. The Hall–Kier alpha value is -8.39. The van der Waals surface area contributed by atoms with E-state index in [-0.39, 0.29) is 61.2 Å². The zero-order valence-electron chi connectivity index (χ0n) is 42.1. The Morgan fingerprint density at radius 3 is 1.17 bits per heavy atom. The zero-order chi connectivity index (χ0) is 60.8. The number of nitrogen functional groups attached to an aromatic ring is 4. The minimum absolute atomic E-state index is 0.00840. The largest absolute Gasteiger partial charge is 0.487 e. The third-order valence-corrected chi connectivity index (χ3v) is 13.9. The number of rotatable bonds is 16. The van der Waals surface area contributed by atoms with Crippen LogP contribution in [-0.2, 0) is 57.1 Å². The monoisotopic (exact) mass is 1280 g/mol. The molecule has 0 spiro atoms. The van der Waals surface area contributed by atoms with Gasteiger partial charge in [-0.3, -0.25) is 9.11 Å². The highest BCUT2D eigenvalue weighted by atomic mass is 35.5. The van der Waals surface area contributed by atoms with Gasteiger partial charge in [-0.2, -0.15) is 35.2 Å². The molecule has 24 nitrogen and oxygen atoms in total. The van der Waals surface area contributed by atoms with Crippen LogP contribution >= 0.6 is 46.4 Å². The zero-order valence-corrected chi connectivity index (χ0v) is 47.6. The molecule has 0 radical (unpaired) electrons. The Morgan fingerprint density at radius 1 is 0.494 bits per heavy atom.